The Morgan fingerprint density at radius 2 is 2.00 bits per heavy atom. The van der Waals surface area contributed by atoms with Gasteiger partial charge in [-0.3, -0.25) is 14.6 Å². The van der Waals surface area contributed by atoms with Crippen LogP contribution in [0.3, 0.4) is 0 Å². The van der Waals surface area contributed by atoms with Crippen molar-refractivity contribution in [1.82, 2.24) is 9.88 Å². The first-order valence-electron chi connectivity index (χ1n) is 8.97. The standard InChI is InChI=1S/C20H22FN3O3/c21-9-13-27-17-5-3-4-16(14-17)23-19(25)15-7-11-24(12-8-15)20(26)18-6-1-2-10-22-18/h1-6,10,14-15H,7-9,11-13H2,(H,23,25). The normalized spacial score (nSPS) is 14.6. The maximum atomic E-state index is 12.5. The minimum atomic E-state index is -0.563. The molecule has 0 saturated carbocycles. The van der Waals surface area contributed by atoms with Crippen molar-refractivity contribution in [3.05, 3.63) is 54.4 Å². The number of halogens is 1. The lowest BCUT2D eigenvalue weighted by atomic mass is 9.95. The summed E-state index contributed by atoms with van der Waals surface area (Å²) in [7, 11) is 0. The number of rotatable bonds is 6. The lowest BCUT2D eigenvalue weighted by molar-refractivity contribution is -0.121. The predicted molar refractivity (Wildman–Crippen MR) is 99.4 cm³/mol. The monoisotopic (exact) mass is 371 g/mol. The van der Waals surface area contributed by atoms with Crippen LogP contribution in [-0.2, 0) is 4.79 Å². The van der Waals surface area contributed by atoms with Gasteiger partial charge < -0.3 is 15.0 Å². The minimum absolute atomic E-state index is 0.0137. The first kappa shape index (κ1) is 18.8. The molecular formula is C20H22FN3O3. The maximum Gasteiger partial charge on any atom is 0.272 e. The molecule has 1 aromatic heterocycles. The number of amides is 2. The zero-order valence-electron chi connectivity index (χ0n) is 14.9. The largest absolute Gasteiger partial charge is 0.491 e. The first-order valence-corrected chi connectivity index (χ1v) is 8.97. The number of nitrogens with zero attached hydrogens (tertiary/aromatic N) is 2. The summed E-state index contributed by atoms with van der Waals surface area (Å²) in [5.74, 6) is 0.171. The van der Waals surface area contributed by atoms with Gasteiger partial charge >= 0.3 is 0 Å². The molecular weight excluding hydrogens is 349 g/mol. The fraction of sp³-hybridized carbons (Fsp3) is 0.350. The van der Waals surface area contributed by atoms with Crippen LogP contribution in [0.5, 0.6) is 5.75 Å². The topological polar surface area (TPSA) is 71.5 Å². The van der Waals surface area contributed by atoms with Crippen LogP contribution in [0.2, 0.25) is 0 Å². The molecule has 1 saturated heterocycles. The van der Waals surface area contributed by atoms with E-state index in [0.717, 1.165) is 0 Å². The third-order valence-electron chi connectivity index (χ3n) is 4.48. The summed E-state index contributed by atoms with van der Waals surface area (Å²) < 4.78 is 17.4. The number of carbonyl (C=O) groups is 2. The predicted octanol–water partition coefficient (Wildman–Crippen LogP) is 2.92. The number of alkyl halides is 1. The Balaban J connectivity index is 1.52. The van der Waals surface area contributed by atoms with Gasteiger partial charge in [0.15, 0.2) is 0 Å². The van der Waals surface area contributed by atoms with E-state index in [9.17, 15) is 14.0 Å². The number of nitrogens with one attached hydrogen (secondary N) is 1. The average molecular weight is 371 g/mol. The van der Waals surface area contributed by atoms with E-state index in [-0.39, 0.29) is 24.3 Å². The molecule has 1 aromatic carbocycles. The molecule has 27 heavy (non-hydrogen) atoms. The van der Waals surface area contributed by atoms with Crippen LogP contribution in [0, 0.1) is 5.92 Å². The van der Waals surface area contributed by atoms with Gasteiger partial charge in [-0.1, -0.05) is 12.1 Å². The molecule has 142 valence electrons. The van der Waals surface area contributed by atoms with Gasteiger partial charge in [-0.05, 0) is 37.1 Å². The molecule has 0 atom stereocenters. The van der Waals surface area contributed by atoms with Crippen LogP contribution in [0.25, 0.3) is 0 Å². The third-order valence-corrected chi connectivity index (χ3v) is 4.48. The van der Waals surface area contributed by atoms with Crippen molar-refractivity contribution in [3.63, 3.8) is 0 Å². The molecule has 1 fully saturated rings. The summed E-state index contributed by atoms with van der Waals surface area (Å²) in [6, 6.07) is 12.1. The fourth-order valence-electron chi connectivity index (χ4n) is 3.06. The number of pyridine rings is 1. The van der Waals surface area contributed by atoms with E-state index < -0.39 is 6.67 Å². The molecule has 6 nitrogen and oxygen atoms in total. The van der Waals surface area contributed by atoms with Gasteiger partial charge in [-0.15, -0.1) is 0 Å². The summed E-state index contributed by atoms with van der Waals surface area (Å²) >= 11 is 0. The number of hydrogen-bond donors (Lipinski definition) is 1. The van der Waals surface area contributed by atoms with Crippen molar-refractivity contribution in [2.24, 2.45) is 5.92 Å². The van der Waals surface area contributed by atoms with Crippen molar-refractivity contribution in [1.29, 1.82) is 0 Å². The molecule has 0 bridgehead atoms. The van der Waals surface area contributed by atoms with Crippen molar-refractivity contribution < 1.29 is 18.7 Å². The van der Waals surface area contributed by atoms with Gasteiger partial charge in [0.25, 0.3) is 5.91 Å². The van der Waals surface area contributed by atoms with Gasteiger partial charge in [0.05, 0.1) is 0 Å². The highest BCUT2D eigenvalue weighted by atomic mass is 19.1. The summed E-state index contributed by atoms with van der Waals surface area (Å²) in [6.07, 6.45) is 2.80. The van der Waals surface area contributed by atoms with E-state index in [0.29, 0.717) is 43.1 Å². The molecule has 0 radical (unpaired) electrons. The average Bonchev–Trinajstić information content (AvgIpc) is 2.72. The van der Waals surface area contributed by atoms with Crippen LogP contribution >= 0.6 is 0 Å². The Morgan fingerprint density at radius 1 is 1.19 bits per heavy atom. The second-order valence-electron chi connectivity index (χ2n) is 6.34. The molecule has 2 heterocycles. The van der Waals surface area contributed by atoms with Crippen molar-refractivity contribution in [3.8, 4) is 5.75 Å². The Bertz CT molecular complexity index is 777. The van der Waals surface area contributed by atoms with Crippen molar-refractivity contribution >= 4 is 17.5 Å². The van der Waals surface area contributed by atoms with Crippen LogP contribution in [-0.4, -0.2) is 48.1 Å². The fourth-order valence-corrected chi connectivity index (χ4v) is 3.06. The van der Waals surface area contributed by atoms with Gasteiger partial charge in [0.2, 0.25) is 5.91 Å². The SMILES string of the molecule is O=C(Nc1cccc(OCCF)c1)C1CCN(C(=O)c2ccccn2)CC1. The zero-order valence-corrected chi connectivity index (χ0v) is 14.9. The second kappa shape index (κ2) is 9.12. The van der Waals surface area contributed by atoms with E-state index >= 15 is 0 Å². The van der Waals surface area contributed by atoms with E-state index in [1.54, 1.807) is 53.6 Å². The molecule has 1 aliphatic heterocycles. The summed E-state index contributed by atoms with van der Waals surface area (Å²) in [5.41, 5.74) is 1.04. The number of benzene rings is 1. The van der Waals surface area contributed by atoms with Crippen LogP contribution < -0.4 is 10.1 Å². The first-order chi connectivity index (χ1) is 13.2. The summed E-state index contributed by atoms with van der Waals surface area (Å²) in [5, 5.41) is 2.88. The van der Waals surface area contributed by atoms with Crippen LogP contribution in [0.15, 0.2) is 48.7 Å². The third kappa shape index (κ3) is 5.03. The van der Waals surface area contributed by atoms with Gasteiger partial charge in [-0.2, -0.15) is 0 Å². The minimum Gasteiger partial charge on any atom is -0.491 e. The Kier molecular flexibility index (Phi) is 6.35. The Hall–Kier alpha value is -2.96. The molecule has 3 rings (SSSR count). The zero-order chi connectivity index (χ0) is 19.1. The molecule has 7 heteroatoms. The van der Waals surface area contributed by atoms with Gasteiger partial charge in [0.1, 0.15) is 24.7 Å². The highest BCUT2D eigenvalue weighted by Crippen LogP contribution is 2.22. The van der Waals surface area contributed by atoms with Gasteiger partial charge in [-0.25, -0.2) is 4.39 Å². The van der Waals surface area contributed by atoms with E-state index in [1.165, 1.54) is 0 Å². The number of carbonyl (C=O) groups excluding carboxylic acids is 2. The quantitative estimate of drug-likeness (QED) is 0.848. The van der Waals surface area contributed by atoms with E-state index in [1.807, 2.05) is 0 Å². The molecule has 2 aromatic rings. The lowest BCUT2D eigenvalue weighted by Crippen LogP contribution is -2.41. The summed E-state index contributed by atoms with van der Waals surface area (Å²) in [4.78, 5) is 30.7. The van der Waals surface area contributed by atoms with Crippen LogP contribution in [0.1, 0.15) is 23.3 Å². The number of anilines is 1. The molecule has 0 unspecified atom stereocenters. The lowest BCUT2D eigenvalue weighted by Gasteiger charge is -2.31. The highest BCUT2D eigenvalue weighted by molar-refractivity contribution is 5.94. The van der Waals surface area contributed by atoms with E-state index in [2.05, 4.69) is 10.3 Å². The number of likely N-dealkylation sites (tertiary alicyclic amines) is 1. The van der Waals surface area contributed by atoms with Crippen molar-refractivity contribution in [2.75, 3.05) is 31.7 Å². The smallest absolute Gasteiger partial charge is 0.272 e. The number of ether oxygens (including phenoxy) is 1. The number of piperidine rings is 1. The highest BCUT2D eigenvalue weighted by Gasteiger charge is 2.28. The Morgan fingerprint density at radius 3 is 2.70 bits per heavy atom. The maximum absolute atomic E-state index is 12.5. The summed E-state index contributed by atoms with van der Waals surface area (Å²) in [6.45, 7) is 0.465. The van der Waals surface area contributed by atoms with Crippen LogP contribution in [0.4, 0.5) is 10.1 Å². The molecule has 1 aliphatic rings. The molecule has 0 spiro atoms. The molecule has 1 N–H and O–H groups in total. The Labute approximate surface area is 157 Å². The second-order valence-corrected chi connectivity index (χ2v) is 6.34. The van der Waals surface area contributed by atoms with Gasteiger partial charge in [0, 0.05) is 37.0 Å². The molecule has 2 amide bonds. The van der Waals surface area contributed by atoms with E-state index in [4.69, 9.17) is 4.74 Å². The van der Waals surface area contributed by atoms with Crippen molar-refractivity contribution in [2.45, 2.75) is 12.8 Å². The number of hydrogen-bond acceptors (Lipinski definition) is 4. The number of aromatic nitrogens is 1. The molecule has 0 aliphatic carbocycles.